The molecule has 0 aromatic rings. The molecular formula is C10H17NO3S. The second kappa shape index (κ2) is 6.00. The van der Waals surface area contributed by atoms with Crippen LogP contribution in [0, 0.1) is 0 Å². The normalized spacial score (nSPS) is 21.4. The van der Waals surface area contributed by atoms with Gasteiger partial charge in [-0.25, -0.2) is 0 Å². The van der Waals surface area contributed by atoms with Crippen molar-refractivity contribution >= 4 is 23.6 Å². The molecule has 0 saturated carbocycles. The van der Waals surface area contributed by atoms with Crippen LogP contribution in [0.5, 0.6) is 0 Å². The zero-order valence-corrected chi connectivity index (χ0v) is 9.76. The lowest BCUT2D eigenvalue weighted by Gasteiger charge is -2.31. The monoisotopic (exact) mass is 231 g/mol. The molecule has 15 heavy (non-hydrogen) atoms. The van der Waals surface area contributed by atoms with E-state index in [1.165, 1.54) is 0 Å². The molecule has 5 heteroatoms. The van der Waals surface area contributed by atoms with Gasteiger partial charge in [0.2, 0.25) is 5.91 Å². The van der Waals surface area contributed by atoms with Crippen LogP contribution in [0.15, 0.2) is 0 Å². The van der Waals surface area contributed by atoms with Gasteiger partial charge in [-0.15, -0.1) is 0 Å². The quantitative estimate of drug-likeness (QED) is 0.790. The Bertz CT molecular complexity index is 245. The Morgan fingerprint density at radius 3 is 2.80 bits per heavy atom. The van der Waals surface area contributed by atoms with Crippen LogP contribution in [0.1, 0.15) is 26.2 Å². The second-order valence-corrected chi connectivity index (χ2v) is 5.04. The van der Waals surface area contributed by atoms with Gasteiger partial charge in [-0.3, -0.25) is 9.59 Å². The Morgan fingerprint density at radius 1 is 1.47 bits per heavy atom. The van der Waals surface area contributed by atoms with Crippen LogP contribution in [-0.2, 0) is 9.59 Å². The Morgan fingerprint density at radius 2 is 2.20 bits per heavy atom. The van der Waals surface area contributed by atoms with Crippen LogP contribution in [0.4, 0.5) is 0 Å². The van der Waals surface area contributed by atoms with E-state index in [4.69, 9.17) is 5.11 Å². The highest BCUT2D eigenvalue weighted by Crippen LogP contribution is 2.21. The molecule has 1 unspecified atom stereocenters. The summed E-state index contributed by atoms with van der Waals surface area (Å²) in [6.07, 6.45) is 1.14. The predicted molar refractivity (Wildman–Crippen MR) is 60.0 cm³/mol. The summed E-state index contributed by atoms with van der Waals surface area (Å²) in [7, 11) is 0. The number of carbonyl (C=O) groups excluding carboxylic acids is 1. The third-order valence-electron chi connectivity index (χ3n) is 2.50. The molecule has 0 aromatic heterocycles. The number of thioether (sulfide) groups is 1. The fourth-order valence-electron chi connectivity index (χ4n) is 1.56. The molecule has 1 rings (SSSR count). The van der Waals surface area contributed by atoms with Gasteiger partial charge in [-0.05, 0) is 6.42 Å². The summed E-state index contributed by atoms with van der Waals surface area (Å²) in [6.45, 7) is 3.65. The number of carboxylic acid groups (broad SMARTS) is 1. The topological polar surface area (TPSA) is 57.6 Å². The van der Waals surface area contributed by atoms with Gasteiger partial charge in [0.05, 0.1) is 6.42 Å². The van der Waals surface area contributed by atoms with E-state index in [9.17, 15) is 9.59 Å². The maximum atomic E-state index is 11.6. The number of amides is 1. The molecule has 1 aliphatic rings. The van der Waals surface area contributed by atoms with Crippen molar-refractivity contribution in [3.8, 4) is 0 Å². The lowest BCUT2D eigenvalue weighted by molar-refractivity contribution is -0.140. The minimum Gasteiger partial charge on any atom is -0.481 e. The molecule has 4 nitrogen and oxygen atoms in total. The number of aliphatic carboxylic acids is 1. The molecule has 1 N–H and O–H groups in total. The molecule has 1 saturated heterocycles. The summed E-state index contributed by atoms with van der Waals surface area (Å²) >= 11 is 1.90. The average molecular weight is 231 g/mol. The zero-order valence-electron chi connectivity index (χ0n) is 8.94. The second-order valence-electron chi connectivity index (χ2n) is 3.63. The molecule has 1 fully saturated rings. The van der Waals surface area contributed by atoms with E-state index in [1.54, 1.807) is 4.90 Å². The highest BCUT2D eigenvalue weighted by molar-refractivity contribution is 8.00. The van der Waals surface area contributed by atoms with Gasteiger partial charge in [0.25, 0.3) is 0 Å². The Labute approximate surface area is 94.0 Å². The standard InChI is InChI=1S/C10H17NO3S/c1-2-8-7-11(5-6-15-8)9(12)3-4-10(13)14/h8H,2-7H2,1H3,(H,13,14). The molecular weight excluding hydrogens is 214 g/mol. The van der Waals surface area contributed by atoms with Crippen LogP contribution >= 0.6 is 11.8 Å². The predicted octanol–water partition coefficient (Wildman–Crippen LogP) is 1.21. The minimum atomic E-state index is -0.901. The van der Waals surface area contributed by atoms with Crippen LogP contribution in [0.3, 0.4) is 0 Å². The van der Waals surface area contributed by atoms with Gasteiger partial charge in [-0.2, -0.15) is 11.8 Å². The van der Waals surface area contributed by atoms with Gasteiger partial charge in [0.1, 0.15) is 0 Å². The van der Waals surface area contributed by atoms with Crippen molar-refractivity contribution < 1.29 is 14.7 Å². The van der Waals surface area contributed by atoms with Gasteiger partial charge in [-0.1, -0.05) is 6.92 Å². The number of hydrogen-bond acceptors (Lipinski definition) is 3. The Kier molecular flexibility index (Phi) is 4.94. The largest absolute Gasteiger partial charge is 0.481 e. The Balaban J connectivity index is 2.35. The molecule has 0 spiro atoms. The first-order valence-electron chi connectivity index (χ1n) is 5.24. The third-order valence-corrected chi connectivity index (χ3v) is 3.87. The van der Waals surface area contributed by atoms with E-state index in [2.05, 4.69) is 6.92 Å². The lowest BCUT2D eigenvalue weighted by Crippen LogP contribution is -2.41. The molecule has 0 aliphatic carbocycles. The van der Waals surface area contributed by atoms with E-state index in [0.717, 1.165) is 25.3 Å². The molecule has 1 heterocycles. The molecule has 1 aliphatic heterocycles. The number of hydrogen-bond donors (Lipinski definition) is 1. The molecule has 0 aromatic carbocycles. The summed E-state index contributed by atoms with van der Waals surface area (Å²) in [5.41, 5.74) is 0. The van der Waals surface area contributed by atoms with Gasteiger partial charge < -0.3 is 10.0 Å². The SMILES string of the molecule is CCC1CN(C(=O)CCC(=O)O)CCS1. The molecule has 86 valence electrons. The fourth-order valence-corrected chi connectivity index (χ4v) is 2.74. The van der Waals surface area contributed by atoms with Crippen molar-refractivity contribution in [2.75, 3.05) is 18.8 Å². The third kappa shape index (κ3) is 4.11. The first-order valence-corrected chi connectivity index (χ1v) is 6.29. The summed E-state index contributed by atoms with van der Waals surface area (Å²) in [4.78, 5) is 23.7. The van der Waals surface area contributed by atoms with E-state index in [1.807, 2.05) is 11.8 Å². The smallest absolute Gasteiger partial charge is 0.303 e. The van der Waals surface area contributed by atoms with Crippen molar-refractivity contribution in [2.45, 2.75) is 31.4 Å². The number of carboxylic acids is 1. The van der Waals surface area contributed by atoms with Gasteiger partial charge in [0, 0.05) is 30.5 Å². The highest BCUT2D eigenvalue weighted by Gasteiger charge is 2.22. The molecule has 1 atom stereocenters. The number of rotatable bonds is 4. The molecule has 1 amide bonds. The number of nitrogens with zero attached hydrogens (tertiary/aromatic N) is 1. The Hall–Kier alpha value is -0.710. The van der Waals surface area contributed by atoms with Crippen molar-refractivity contribution in [1.29, 1.82) is 0 Å². The van der Waals surface area contributed by atoms with Gasteiger partial charge >= 0.3 is 5.97 Å². The maximum Gasteiger partial charge on any atom is 0.303 e. The lowest BCUT2D eigenvalue weighted by atomic mass is 10.2. The summed E-state index contributed by atoms with van der Waals surface area (Å²) in [6, 6.07) is 0. The van der Waals surface area contributed by atoms with Crippen molar-refractivity contribution in [2.24, 2.45) is 0 Å². The molecule has 0 radical (unpaired) electrons. The van der Waals surface area contributed by atoms with E-state index in [-0.39, 0.29) is 18.7 Å². The van der Waals surface area contributed by atoms with Crippen LogP contribution in [0.2, 0.25) is 0 Å². The summed E-state index contributed by atoms with van der Waals surface area (Å²) < 4.78 is 0. The van der Waals surface area contributed by atoms with Crippen LogP contribution in [-0.4, -0.2) is 46.0 Å². The number of carbonyl (C=O) groups is 2. The summed E-state index contributed by atoms with van der Waals surface area (Å²) in [5, 5.41) is 9.00. The van der Waals surface area contributed by atoms with Crippen LogP contribution in [0.25, 0.3) is 0 Å². The first kappa shape index (κ1) is 12.4. The van der Waals surface area contributed by atoms with E-state index >= 15 is 0 Å². The van der Waals surface area contributed by atoms with Crippen LogP contribution < -0.4 is 0 Å². The van der Waals surface area contributed by atoms with Crippen molar-refractivity contribution in [1.82, 2.24) is 4.90 Å². The van der Waals surface area contributed by atoms with E-state index < -0.39 is 5.97 Å². The highest BCUT2D eigenvalue weighted by atomic mass is 32.2. The minimum absolute atomic E-state index is 0.0175. The maximum absolute atomic E-state index is 11.6. The average Bonchev–Trinajstić information content (AvgIpc) is 2.26. The van der Waals surface area contributed by atoms with Crippen molar-refractivity contribution in [3.05, 3.63) is 0 Å². The fraction of sp³-hybridized carbons (Fsp3) is 0.800. The summed E-state index contributed by atoms with van der Waals surface area (Å²) in [5.74, 6) is 0.0510. The zero-order chi connectivity index (χ0) is 11.3. The molecule has 0 bridgehead atoms. The first-order chi connectivity index (χ1) is 7.13. The van der Waals surface area contributed by atoms with E-state index in [0.29, 0.717) is 5.25 Å². The van der Waals surface area contributed by atoms with Gasteiger partial charge in [0.15, 0.2) is 0 Å². The van der Waals surface area contributed by atoms with Crippen molar-refractivity contribution in [3.63, 3.8) is 0 Å².